The van der Waals surface area contributed by atoms with Gasteiger partial charge in [0.25, 0.3) is 0 Å². The van der Waals surface area contributed by atoms with Crippen LogP contribution in [0.5, 0.6) is 0 Å². The Bertz CT molecular complexity index is 168. The van der Waals surface area contributed by atoms with Crippen LogP contribution in [0, 0.1) is 17.8 Å². The summed E-state index contributed by atoms with van der Waals surface area (Å²) in [5.41, 5.74) is 0. The summed E-state index contributed by atoms with van der Waals surface area (Å²) in [4.78, 5) is 0. The first-order valence-corrected chi connectivity index (χ1v) is 7.42. The van der Waals surface area contributed by atoms with Crippen molar-refractivity contribution in [3.8, 4) is 0 Å². The minimum atomic E-state index is 0.785. The van der Waals surface area contributed by atoms with E-state index in [-0.39, 0.29) is 0 Å². The molecule has 0 saturated heterocycles. The Labute approximate surface area is 102 Å². The van der Waals surface area contributed by atoms with Crippen molar-refractivity contribution in [1.29, 1.82) is 0 Å². The van der Waals surface area contributed by atoms with Crippen molar-refractivity contribution in [2.45, 2.75) is 72.3 Å². The number of rotatable bonds is 6. The number of hydrogen-bond acceptors (Lipinski definition) is 1. The first-order chi connectivity index (χ1) is 7.69. The van der Waals surface area contributed by atoms with Crippen molar-refractivity contribution < 1.29 is 0 Å². The summed E-state index contributed by atoms with van der Waals surface area (Å²) >= 11 is 0. The molecule has 1 rings (SSSR count). The van der Waals surface area contributed by atoms with Gasteiger partial charge >= 0.3 is 0 Å². The second kappa shape index (κ2) is 7.32. The molecule has 0 amide bonds. The lowest BCUT2D eigenvalue weighted by Gasteiger charge is -2.35. The highest BCUT2D eigenvalue weighted by atomic mass is 14.9. The van der Waals surface area contributed by atoms with E-state index in [0.717, 1.165) is 23.8 Å². The van der Waals surface area contributed by atoms with Gasteiger partial charge in [0.1, 0.15) is 0 Å². The van der Waals surface area contributed by atoms with E-state index in [1.807, 2.05) is 0 Å². The van der Waals surface area contributed by atoms with Gasteiger partial charge in [0.15, 0.2) is 0 Å². The molecule has 96 valence electrons. The van der Waals surface area contributed by atoms with Crippen LogP contribution in [0.2, 0.25) is 0 Å². The van der Waals surface area contributed by atoms with Crippen molar-refractivity contribution in [3.05, 3.63) is 0 Å². The molecular weight excluding hydrogens is 194 g/mol. The van der Waals surface area contributed by atoms with Gasteiger partial charge in [-0.15, -0.1) is 0 Å². The monoisotopic (exact) mass is 225 g/mol. The van der Waals surface area contributed by atoms with Gasteiger partial charge in [-0.1, -0.05) is 27.7 Å². The van der Waals surface area contributed by atoms with Crippen LogP contribution in [-0.4, -0.2) is 12.6 Å². The zero-order valence-corrected chi connectivity index (χ0v) is 11.8. The second-order valence-corrected chi connectivity index (χ2v) is 5.89. The fourth-order valence-electron chi connectivity index (χ4n) is 3.19. The van der Waals surface area contributed by atoms with Gasteiger partial charge in [0, 0.05) is 6.04 Å². The van der Waals surface area contributed by atoms with Crippen LogP contribution < -0.4 is 5.32 Å². The van der Waals surface area contributed by atoms with Crippen LogP contribution in [0.4, 0.5) is 0 Å². The molecule has 0 bridgehead atoms. The first-order valence-electron chi connectivity index (χ1n) is 7.42. The van der Waals surface area contributed by atoms with E-state index in [1.54, 1.807) is 0 Å². The quantitative estimate of drug-likeness (QED) is 0.713. The zero-order chi connectivity index (χ0) is 12.0. The van der Waals surface area contributed by atoms with Gasteiger partial charge in [-0.2, -0.15) is 0 Å². The second-order valence-electron chi connectivity index (χ2n) is 5.89. The normalized spacial score (nSPS) is 28.3. The summed E-state index contributed by atoms with van der Waals surface area (Å²) in [5, 5.41) is 3.73. The summed E-state index contributed by atoms with van der Waals surface area (Å²) in [5.74, 6) is 2.84. The lowest BCUT2D eigenvalue weighted by atomic mass is 9.74. The molecule has 0 aliphatic heterocycles. The molecule has 1 saturated carbocycles. The Morgan fingerprint density at radius 1 is 1.00 bits per heavy atom. The third-order valence-electron chi connectivity index (χ3n) is 4.42. The van der Waals surface area contributed by atoms with Crippen molar-refractivity contribution in [2.75, 3.05) is 6.54 Å². The van der Waals surface area contributed by atoms with Crippen LogP contribution in [0.1, 0.15) is 66.2 Å². The molecule has 1 heteroatoms. The molecule has 0 aromatic carbocycles. The molecule has 0 aromatic rings. The lowest BCUT2D eigenvalue weighted by molar-refractivity contribution is 0.186. The smallest absolute Gasteiger partial charge is 0.00926 e. The van der Waals surface area contributed by atoms with Crippen LogP contribution in [0.15, 0.2) is 0 Å². The van der Waals surface area contributed by atoms with E-state index in [4.69, 9.17) is 0 Å². The Morgan fingerprint density at radius 2 is 1.56 bits per heavy atom. The largest absolute Gasteiger partial charge is 0.314 e. The van der Waals surface area contributed by atoms with Gasteiger partial charge in [-0.25, -0.2) is 0 Å². The van der Waals surface area contributed by atoms with Gasteiger partial charge in [0.2, 0.25) is 0 Å². The summed E-state index contributed by atoms with van der Waals surface area (Å²) in [7, 11) is 0. The standard InChI is InChI=1S/C15H31N/c1-5-11-16-15(6-2)14-9-7-13(8-10-14)12(3)4/h12-16H,5-11H2,1-4H3. The molecule has 1 atom stereocenters. The average Bonchev–Trinajstić information content (AvgIpc) is 2.30. The Hall–Kier alpha value is -0.0400. The molecule has 1 N–H and O–H groups in total. The van der Waals surface area contributed by atoms with Gasteiger partial charge in [-0.3, -0.25) is 0 Å². The van der Waals surface area contributed by atoms with E-state index in [0.29, 0.717) is 0 Å². The molecule has 1 fully saturated rings. The van der Waals surface area contributed by atoms with Gasteiger partial charge in [-0.05, 0) is 62.8 Å². The first kappa shape index (κ1) is 14.0. The highest BCUT2D eigenvalue weighted by molar-refractivity contribution is 4.82. The minimum Gasteiger partial charge on any atom is -0.314 e. The molecular formula is C15H31N. The van der Waals surface area contributed by atoms with E-state index in [1.165, 1.54) is 45.1 Å². The van der Waals surface area contributed by atoms with Crippen molar-refractivity contribution in [1.82, 2.24) is 5.32 Å². The Kier molecular flexibility index (Phi) is 6.41. The Morgan fingerprint density at radius 3 is 2.00 bits per heavy atom. The van der Waals surface area contributed by atoms with E-state index >= 15 is 0 Å². The lowest BCUT2D eigenvalue weighted by Crippen LogP contribution is -2.38. The molecule has 1 unspecified atom stereocenters. The third kappa shape index (κ3) is 4.08. The van der Waals surface area contributed by atoms with Crippen molar-refractivity contribution >= 4 is 0 Å². The summed E-state index contributed by atoms with van der Waals surface area (Å²) < 4.78 is 0. The predicted molar refractivity (Wildman–Crippen MR) is 72.7 cm³/mol. The zero-order valence-electron chi connectivity index (χ0n) is 11.8. The SMILES string of the molecule is CCCNC(CC)C1CCC(C(C)C)CC1. The van der Waals surface area contributed by atoms with E-state index in [2.05, 4.69) is 33.0 Å². The maximum Gasteiger partial charge on any atom is 0.00926 e. The molecule has 0 aromatic heterocycles. The van der Waals surface area contributed by atoms with Crippen LogP contribution in [0.25, 0.3) is 0 Å². The minimum absolute atomic E-state index is 0.785. The van der Waals surface area contributed by atoms with Crippen molar-refractivity contribution in [3.63, 3.8) is 0 Å². The van der Waals surface area contributed by atoms with E-state index in [9.17, 15) is 0 Å². The molecule has 16 heavy (non-hydrogen) atoms. The molecule has 1 nitrogen and oxygen atoms in total. The van der Waals surface area contributed by atoms with Crippen LogP contribution in [0.3, 0.4) is 0 Å². The third-order valence-corrected chi connectivity index (χ3v) is 4.42. The van der Waals surface area contributed by atoms with E-state index < -0.39 is 0 Å². The topological polar surface area (TPSA) is 12.0 Å². The number of nitrogens with one attached hydrogen (secondary N) is 1. The average molecular weight is 225 g/mol. The summed E-state index contributed by atoms with van der Waals surface area (Å²) in [6.45, 7) is 10.6. The Balaban J connectivity index is 2.32. The fourth-order valence-corrected chi connectivity index (χ4v) is 3.19. The van der Waals surface area contributed by atoms with Gasteiger partial charge in [0.05, 0.1) is 0 Å². The highest BCUT2D eigenvalue weighted by Gasteiger charge is 2.27. The molecule has 0 heterocycles. The molecule has 0 radical (unpaired) electrons. The number of hydrogen-bond donors (Lipinski definition) is 1. The molecule has 1 aliphatic rings. The molecule has 0 spiro atoms. The highest BCUT2D eigenvalue weighted by Crippen LogP contribution is 2.35. The van der Waals surface area contributed by atoms with Crippen molar-refractivity contribution in [2.24, 2.45) is 17.8 Å². The van der Waals surface area contributed by atoms with Crippen LogP contribution >= 0.6 is 0 Å². The summed E-state index contributed by atoms with van der Waals surface area (Å²) in [6, 6.07) is 0.785. The molecule has 1 aliphatic carbocycles. The predicted octanol–water partition coefficient (Wildman–Crippen LogP) is 4.23. The maximum absolute atomic E-state index is 3.73. The summed E-state index contributed by atoms with van der Waals surface area (Å²) in [6.07, 6.45) is 8.41. The fraction of sp³-hybridized carbons (Fsp3) is 1.00. The van der Waals surface area contributed by atoms with Gasteiger partial charge < -0.3 is 5.32 Å². The van der Waals surface area contributed by atoms with Crippen LogP contribution in [-0.2, 0) is 0 Å². The maximum atomic E-state index is 3.73.